The Hall–Kier alpha value is -1.03. The molecule has 0 saturated carbocycles. The van der Waals surface area contributed by atoms with Gasteiger partial charge < -0.3 is 5.11 Å². The number of nitrogens with zero attached hydrogens (tertiary/aromatic N) is 2. The molecular weight excluding hydrogens is 307 g/mol. The second-order valence-electron chi connectivity index (χ2n) is 5.11. The lowest BCUT2D eigenvalue weighted by molar-refractivity contribution is 0.175. The minimum Gasteiger partial charge on any atom is -0.388 e. The van der Waals surface area contributed by atoms with E-state index >= 15 is 0 Å². The highest BCUT2D eigenvalue weighted by Gasteiger charge is 2.19. The Morgan fingerprint density at radius 1 is 1.29 bits per heavy atom. The van der Waals surface area contributed by atoms with E-state index in [1.807, 2.05) is 43.7 Å². The average Bonchev–Trinajstić information content (AvgIpc) is 2.78. The molecule has 2 rings (SSSR count). The van der Waals surface area contributed by atoms with Crippen LogP contribution in [-0.4, -0.2) is 14.9 Å². The largest absolute Gasteiger partial charge is 0.388 e. The molecule has 3 nitrogen and oxygen atoms in total. The van der Waals surface area contributed by atoms with Gasteiger partial charge in [0.15, 0.2) is 0 Å². The van der Waals surface area contributed by atoms with Crippen LogP contribution in [0.1, 0.15) is 42.5 Å². The van der Waals surface area contributed by atoms with E-state index in [1.54, 1.807) is 0 Å². The molecule has 0 amide bonds. The van der Waals surface area contributed by atoms with E-state index in [-0.39, 0.29) is 0 Å². The summed E-state index contributed by atoms with van der Waals surface area (Å²) in [5, 5.41) is 16.3. The van der Waals surface area contributed by atoms with E-state index in [1.165, 1.54) is 0 Å². The van der Waals surface area contributed by atoms with Crippen LogP contribution in [0.5, 0.6) is 0 Å². The third-order valence-electron chi connectivity index (χ3n) is 3.65. The number of hydrogen-bond donors (Lipinski definition) is 1. The van der Waals surface area contributed by atoms with Gasteiger partial charge in [0.25, 0.3) is 0 Å². The Morgan fingerprint density at radius 2 is 2.00 bits per heavy atom. The van der Waals surface area contributed by atoms with Crippen LogP contribution in [0.4, 0.5) is 0 Å². The van der Waals surface area contributed by atoms with E-state index < -0.39 is 6.10 Å². The number of aryl methyl sites for hydroxylation is 3. The zero-order valence-corrected chi connectivity index (χ0v) is 14.0. The first-order valence-electron chi connectivity index (χ1n) is 7.16. The van der Waals surface area contributed by atoms with Gasteiger partial charge in [-0.25, -0.2) is 0 Å². The van der Waals surface area contributed by atoms with Gasteiger partial charge in [-0.3, -0.25) is 4.68 Å². The first-order valence-corrected chi connectivity index (χ1v) is 7.91. The van der Waals surface area contributed by atoms with Crippen molar-refractivity contribution < 1.29 is 5.11 Å². The summed E-state index contributed by atoms with van der Waals surface area (Å²) in [5.41, 5.74) is 3.57. The van der Waals surface area contributed by atoms with Crippen molar-refractivity contribution in [1.82, 2.24) is 9.78 Å². The highest BCUT2D eigenvalue weighted by molar-refractivity contribution is 6.32. The molecular formula is C16H20Cl2N2O. The molecule has 21 heavy (non-hydrogen) atoms. The molecule has 1 atom stereocenters. The molecule has 0 fully saturated rings. The second kappa shape index (κ2) is 6.82. The standard InChI is InChI=1S/C16H20Cl2N2O/c1-4-13-16(18)14(20(5-2)19-13)9-15(21)11-6-7-12(17)10(3)8-11/h6-8,15,21H,4-5,9H2,1-3H3. The van der Waals surface area contributed by atoms with Gasteiger partial charge in [0, 0.05) is 18.0 Å². The fourth-order valence-electron chi connectivity index (χ4n) is 2.39. The van der Waals surface area contributed by atoms with Crippen LogP contribution in [0, 0.1) is 6.92 Å². The van der Waals surface area contributed by atoms with Crippen LogP contribution in [0.3, 0.4) is 0 Å². The second-order valence-corrected chi connectivity index (χ2v) is 5.89. The van der Waals surface area contributed by atoms with Crippen molar-refractivity contribution in [3.8, 4) is 0 Å². The van der Waals surface area contributed by atoms with Gasteiger partial charge in [-0.05, 0) is 37.5 Å². The molecule has 114 valence electrons. The monoisotopic (exact) mass is 326 g/mol. The lowest BCUT2D eigenvalue weighted by atomic mass is 10.0. The molecule has 1 aromatic carbocycles. The van der Waals surface area contributed by atoms with E-state index in [0.717, 1.165) is 35.5 Å². The van der Waals surface area contributed by atoms with E-state index in [9.17, 15) is 5.11 Å². The van der Waals surface area contributed by atoms with Crippen molar-refractivity contribution in [3.63, 3.8) is 0 Å². The molecule has 1 heterocycles. The van der Waals surface area contributed by atoms with Crippen LogP contribution in [-0.2, 0) is 19.4 Å². The van der Waals surface area contributed by atoms with Gasteiger partial charge in [0.2, 0.25) is 0 Å². The lowest BCUT2D eigenvalue weighted by Crippen LogP contribution is -2.09. The van der Waals surface area contributed by atoms with Crippen LogP contribution in [0.25, 0.3) is 0 Å². The molecule has 0 aliphatic rings. The molecule has 0 radical (unpaired) electrons. The lowest BCUT2D eigenvalue weighted by Gasteiger charge is -2.13. The number of benzene rings is 1. The molecule has 0 aliphatic heterocycles. The third-order valence-corrected chi connectivity index (χ3v) is 4.51. The van der Waals surface area contributed by atoms with Gasteiger partial charge >= 0.3 is 0 Å². The Kier molecular flexibility index (Phi) is 5.31. The molecule has 0 saturated heterocycles. The van der Waals surface area contributed by atoms with Crippen LogP contribution in [0.15, 0.2) is 18.2 Å². The maximum absolute atomic E-state index is 10.5. The maximum Gasteiger partial charge on any atom is 0.0851 e. The van der Waals surface area contributed by atoms with E-state index in [4.69, 9.17) is 23.2 Å². The van der Waals surface area contributed by atoms with Gasteiger partial charge in [-0.1, -0.05) is 42.3 Å². The van der Waals surface area contributed by atoms with Gasteiger partial charge in [-0.15, -0.1) is 0 Å². The van der Waals surface area contributed by atoms with Crippen molar-refractivity contribution >= 4 is 23.2 Å². The third kappa shape index (κ3) is 3.42. The summed E-state index contributed by atoms with van der Waals surface area (Å²) in [6.07, 6.45) is 0.612. The quantitative estimate of drug-likeness (QED) is 0.886. The summed E-state index contributed by atoms with van der Waals surface area (Å²) in [7, 11) is 0. The summed E-state index contributed by atoms with van der Waals surface area (Å²) < 4.78 is 1.87. The molecule has 0 spiro atoms. The number of rotatable bonds is 5. The molecule has 0 bridgehead atoms. The molecule has 5 heteroatoms. The normalized spacial score (nSPS) is 12.7. The smallest absolute Gasteiger partial charge is 0.0851 e. The summed E-state index contributed by atoms with van der Waals surface area (Å²) in [5.74, 6) is 0. The van der Waals surface area contributed by atoms with Crippen molar-refractivity contribution in [2.24, 2.45) is 0 Å². The summed E-state index contributed by atoms with van der Waals surface area (Å²) in [6, 6.07) is 5.57. The molecule has 1 N–H and O–H groups in total. The first-order chi connectivity index (χ1) is 9.97. The number of aromatic nitrogens is 2. The molecule has 1 aromatic heterocycles. The zero-order valence-electron chi connectivity index (χ0n) is 12.5. The van der Waals surface area contributed by atoms with Crippen LogP contribution < -0.4 is 0 Å². The molecule has 2 aromatic rings. The van der Waals surface area contributed by atoms with Crippen LogP contribution >= 0.6 is 23.2 Å². The van der Waals surface area contributed by atoms with Gasteiger partial charge in [0.1, 0.15) is 0 Å². The Morgan fingerprint density at radius 3 is 2.57 bits per heavy atom. The average molecular weight is 327 g/mol. The summed E-state index contributed by atoms with van der Waals surface area (Å²) in [6.45, 7) is 6.71. The SMILES string of the molecule is CCc1nn(CC)c(CC(O)c2ccc(Cl)c(C)c2)c1Cl. The van der Waals surface area contributed by atoms with Crippen molar-refractivity contribution in [2.45, 2.75) is 46.3 Å². The van der Waals surface area contributed by atoms with Gasteiger partial charge in [0.05, 0.1) is 22.5 Å². The summed E-state index contributed by atoms with van der Waals surface area (Å²) >= 11 is 12.4. The Bertz CT molecular complexity index is 637. The summed E-state index contributed by atoms with van der Waals surface area (Å²) in [4.78, 5) is 0. The highest BCUT2D eigenvalue weighted by atomic mass is 35.5. The first kappa shape index (κ1) is 16.3. The minimum absolute atomic E-state index is 0.445. The Balaban J connectivity index is 2.28. The van der Waals surface area contributed by atoms with E-state index in [2.05, 4.69) is 5.10 Å². The topological polar surface area (TPSA) is 38.0 Å². The maximum atomic E-state index is 10.5. The fourth-order valence-corrected chi connectivity index (χ4v) is 2.85. The predicted molar refractivity (Wildman–Crippen MR) is 87.1 cm³/mol. The van der Waals surface area contributed by atoms with Crippen LogP contribution in [0.2, 0.25) is 10.0 Å². The number of aliphatic hydroxyl groups is 1. The molecule has 0 aliphatic carbocycles. The minimum atomic E-state index is -0.620. The number of aliphatic hydroxyl groups excluding tert-OH is 1. The van der Waals surface area contributed by atoms with Crippen molar-refractivity contribution in [1.29, 1.82) is 0 Å². The predicted octanol–water partition coefficient (Wildman–Crippen LogP) is 4.36. The Labute approximate surface area is 135 Å². The zero-order chi connectivity index (χ0) is 15.6. The van der Waals surface area contributed by atoms with Crippen molar-refractivity contribution in [3.05, 3.63) is 50.8 Å². The van der Waals surface area contributed by atoms with Gasteiger partial charge in [-0.2, -0.15) is 5.10 Å². The van der Waals surface area contributed by atoms with Crippen molar-refractivity contribution in [2.75, 3.05) is 0 Å². The number of halogens is 2. The number of hydrogen-bond acceptors (Lipinski definition) is 2. The fraction of sp³-hybridized carbons (Fsp3) is 0.438. The molecule has 1 unspecified atom stereocenters. The highest BCUT2D eigenvalue weighted by Crippen LogP contribution is 2.28. The van der Waals surface area contributed by atoms with E-state index in [0.29, 0.717) is 16.5 Å².